The summed E-state index contributed by atoms with van der Waals surface area (Å²) in [6.45, 7) is -0.0169. The molecule has 8 heteroatoms. The van der Waals surface area contributed by atoms with Gasteiger partial charge < -0.3 is 16.0 Å². The SMILES string of the molecule is C[NH+](CC(=O)Nc1ccccc1Cl)[C@@H](C(=O)NC(N)=O)c1ccccc1. The maximum absolute atomic E-state index is 12.4. The van der Waals surface area contributed by atoms with Crippen LogP contribution in [-0.4, -0.2) is 31.4 Å². The zero-order valence-corrected chi connectivity index (χ0v) is 14.9. The second-order valence-electron chi connectivity index (χ2n) is 5.75. The first-order valence-corrected chi connectivity index (χ1v) is 8.28. The zero-order chi connectivity index (χ0) is 19.1. The third-order valence-electron chi connectivity index (χ3n) is 3.72. The van der Waals surface area contributed by atoms with Crippen LogP contribution in [0.15, 0.2) is 54.6 Å². The van der Waals surface area contributed by atoms with Crippen LogP contribution in [0.25, 0.3) is 0 Å². The number of nitrogens with two attached hydrogens (primary N) is 1. The van der Waals surface area contributed by atoms with Crippen LogP contribution in [0.4, 0.5) is 10.5 Å². The molecule has 0 saturated carbocycles. The van der Waals surface area contributed by atoms with Gasteiger partial charge in [-0.15, -0.1) is 0 Å². The van der Waals surface area contributed by atoms with E-state index in [4.69, 9.17) is 17.3 Å². The number of para-hydroxylation sites is 1. The summed E-state index contributed by atoms with van der Waals surface area (Å²) in [7, 11) is 1.68. The Balaban J connectivity index is 2.14. The van der Waals surface area contributed by atoms with Crippen LogP contribution in [0.2, 0.25) is 5.02 Å². The van der Waals surface area contributed by atoms with Gasteiger partial charge in [0.05, 0.1) is 17.8 Å². The lowest BCUT2D eigenvalue weighted by Crippen LogP contribution is -3.11. The highest BCUT2D eigenvalue weighted by Crippen LogP contribution is 2.20. The molecule has 0 aliphatic heterocycles. The molecular weight excluding hydrogens is 356 g/mol. The van der Waals surface area contributed by atoms with E-state index in [0.717, 1.165) is 0 Å². The van der Waals surface area contributed by atoms with Crippen molar-refractivity contribution in [2.75, 3.05) is 18.9 Å². The number of imide groups is 1. The standard InChI is InChI=1S/C18H19ClN4O3/c1-23(11-15(24)21-14-10-6-5-9-13(14)19)16(17(25)22-18(20)26)12-7-3-2-4-8-12/h2-10,16H,11H2,1H3,(H,21,24)(H3,20,22,25,26)/p+1/t16-/m1/s1. The van der Waals surface area contributed by atoms with E-state index >= 15 is 0 Å². The molecule has 2 rings (SSSR count). The molecule has 4 amide bonds. The predicted octanol–water partition coefficient (Wildman–Crippen LogP) is 0.729. The van der Waals surface area contributed by atoms with Gasteiger partial charge in [0.2, 0.25) is 0 Å². The molecule has 0 saturated heterocycles. The molecular formula is C18H20ClN4O3+. The van der Waals surface area contributed by atoms with Gasteiger partial charge >= 0.3 is 6.03 Å². The van der Waals surface area contributed by atoms with Crippen molar-refractivity contribution < 1.29 is 19.3 Å². The summed E-state index contributed by atoms with van der Waals surface area (Å²) in [4.78, 5) is 36.4. The van der Waals surface area contributed by atoms with E-state index in [-0.39, 0.29) is 12.5 Å². The number of amides is 4. The molecule has 2 aromatic rings. The number of primary amides is 1. The van der Waals surface area contributed by atoms with Crippen LogP contribution in [0.3, 0.4) is 0 Å². The Morgan fingerprint density at radius 1 is 1.08 bits per heavy atom. The maximum atomic E-state index is 12.4. The van der Waals surface area contributed by atoms with Crippen LogP contribution in [-0.2, 0) is 9.59 Å². The van der Waals surface area contributed by atoms with Crippen LogP contribution in [0.1, 0.15) is 11.6 Å². The molecule has 136 valence electrons. The molecule has 2 atom stereocenters. The van der Waals surface area contributed by atoms with Crippen molar-refractivity contribution in [2.45, 2.75) is 6.04 Å². The van der Waals surface area contributed by atoms with Crippen molar-refractivity contribution >= 4 is 35.1 Å². The zero-order valence-electron chi connectivity index (χ0n) is 14.2. The predicted molar refractivity (Wildman–Crippen MR) is 98.7 cm³/mol. The van der Waals surface area contributed by atoms with E-state index in [2.05, 4.69) is 10.6 Å². The van der Waals surface area contributed by atoms with Crippen LogP contribution >= 0.6 is 11.6 Å². The average molecular weight is 376 g/mol. The number of anilines is 1. The smallest absolute Gasteiger partial charge is 0.319 e. The summed E-state index contributed by atoms with van der Waals surface area (Å²) >= 11 is 6.03. The van der Waals surface area contributed by atoms with E-state index in [1.165, 1.54) is 0 Å². The number of nitrogens with one attached hydrogen (secondary N) is 3. The largest absolute Gasteiger partial charge is 0.351 e. The molecule has 0 aromatic heterocycles. The first kappa shape index (κ1) is 19.4. The van der Waals surface area contributed by atoms with Gasteiger partial charge in [-0.05, 0) is 12.1 Å². The molecule has 0 bridgehead atoms. The minimum atomic E-state index is -0.941. The summed E-state index contributed by atoms with van der Waals surface area (Å²) in [6, 6.07) is 14.0. The minimum Gasteiger partial charge on any atom is -0.351 e. The molecule has 0 fully saturated rings. The number of halogens is 1. The maximum Gasteiger partial charge on any atom is 0.319 e. The molecule has 0 spiro atoms. The summed E-state index contributed by atoms with van der Waals surface area (Å²) in [5, 5.41) is 5.21. The molecule has 1 unspecified atom stereocenters. The quantitative estimate of drug-likeness (QED) is 0.598. The number of benzene rings is 2. The van der Waals surface area contributed by atoms with Crippen molar-refractivity contribution in [1.82, 2.24) is 5.32 Å². The number of carbonyl (C=O) groups excluding carboxylic acids is 3. The lowest BCUT2D eigenvalue weighted by atomic mass is 10.0. The van der Waals surface area contributed by atoms with Crippen LogP contribution in [0.5, 0.6) is 0 Å². The molecule has 7 nitrogen and oxygen atoms in total. The van der Waals surface area contributed by atoms with Crippen LogP contribution in [0, 0.1) is 0 Å². The summed E-state index contributed by atoms with van der Waals surface area (Å²) in [5.74, 6) is -0.893. The minimum absolute atomic E-state index is 0.0169. The van der Waals surface area contributed by atoms with Gasteiger partial charge in [0, 0.05) is 5.56 Å². The van der Waals surface area contributed by atoms with Crippen molar-refractivity contribution in [3.8, 4) is 0 Å². The van der Waals surface area contributed by atoms with Gasteiger partial charge in [-0.3, -0.25) is 14.9 Å². The number of hydrogen-bond donors (Lipinski definition) is 4. The number of likely N-dealkylation sites (N-methyl/N-ethyl adjacent to an activating group) is 1. The summed E-state index contributed by atoms with van der Waals surface area (Å²) in [6.07, 6.45) is 0. The highest BCUT2D eigenvalue weighted by atomic mass is 35.5. The Bertz CT molecular complexity index is 798. The fourth-order valence-corrected chi connectivity index (χ4v) is 2.79. The van der Waals surface area contributed by atoms with Crippen molar-refractivity contribution in [1.29, 1.82) is 0 Å². The molecule has 0 heterocycles. The fraction of sp³-hybridized carbons (Fsp3) is 0.167. The first-order chi connectivity index (χ1) is 12.4. The Morgan fingerprint density at radius 3 is 2.31 bits per heavy atom. The van der Waals surface area contributed by atoms with E-state index in [9.17, 15) is 14.4 Å². The Kier molecular flexibility index (Phi) is 6.71. The van der Waals surface area contributed by atoms with Gasteiger partial charge in [-0.2, -0.15) is 0 Å². The third-order valence-corrected chi connectivity index (χ3v) is 4.05. The molecule has 26 heavy (non-hydrogen) atoms. The number of hydrogen-bond acceptors (Lipinski definition) is 3. The molecule has 0 radical (unpaired) electrons. The normalized spacial score (nSPS) is 12.7. The van der Waals surface area contributed by atoms with Gasteiger partial charge in [0.15, 0.2) is 12.6 Å². The van der Waals surface area contributed by atoms with Crippen LogP contribution < -0.4 is 21.3 Å². The van der Waals surface area contributed by atoms with E-state index in [1.807, 2.05) is 6.07 Å². The number of carbonyl (C=O) groups is 3. The van der Waals surface area contributed by atoms with Gasteiger partial charge in [0.25, 0.3) is 11.8 Å². The van der Waals surface area contributed by atoms with E-state index in [0.29, 0.717) is 21.2 Å². The van der Waals surface area contributed by atoms with E-state index < -0.39 is 18.0 Å². The third kappa shape index (κ3) is 5.30. The average Bonchev–Trinajstić information content (AvgIpc) is 2.57. The molecule has 0 aliphatic rings. The van der Waals surface area contributed by atoms with Crippen molar-refractivity contribution in [3.05, 3.63) is 65.2 Å². The first-order valence-electron chi connectivity index (χ1n) is 7.90. The summed E-state index contributed by atoms with van der Waals surface area (Å²) in [5.41, 5.74) is 6.21. The summed E-state index contributed by atoms with van der Waals surface area (Å²) < 4.78 is 0. The monoisotopic (exact) mass is 375 g/mol. The fourth-order valence-electron chi connectivity index (χ4n) is 2.61. The second-order valence-corrected chi connectivity index (χ2v) is 6.16. The number of quaternary nitrogens is 1. The number of rotatable bonds is 6. The van der Waals surface area contributed by atoms with Gasteiger partial charge in [-0.1, -0.05) is 54.1 Å². The Hall–Kier alpha value is -2.90. The molecule has 5 N–H and O–H groups in total. The van der Waals surface area contributed by atoms with Crippen molar-refractivity contribution in [3.63, 3.8) is 0 Å². The topological polar surface area (TPSA) is 106 Å². The van der Waals surface area contributed by atoms with Gasteiger partial charge in [0.1, 0.15) is 0 Å². The second kappa shape index (κ2) is 8.98. The Morgan fingerprint density at radius 2 is 1.69 bits per heavy atom. The highest BCUT2D eigenvalue weighted by molar-refractivity contribution is 6.33. The van der Waals surface area contributed by atoms with Crippen molar-refractivity contribution in [2.24, 2.45) is 5.73 Å². The Labute approximate surface area is 156 Å². The highest BCUT2D eigenvalue weighted by Gasteiger charge is 2.31. The lowest BCUT2D eigenvalue weighted by molar-refractivity contribution is -0.894. The number of urea groups is 1. The lowest BCUT2D eigenvalue weighted by Gasteiger charge is -2.23. The molecule has 0 aliphatic carbocycles. The molecule has 2 aromatic carbocycles. The van der Waals surface area contributed by atoms with Gasteiger partial charge in [-0.25, -0.2) is 4.79 Å². The van der Waals surface area contributed by atoms with E-state index in [1.54, 1.807) is 55.6 Å².